The number of aromatic amines is 1. The molecule has 7 heteroatoms. The molecule has 2 aromatic heterocycles. The minimum Gasteiger partial charge on any atom is -0.493 e. The third-order valence-electron chi connectivity index (χ3n) is 3.91. The van der Waals surface area contributed by atoms with E-state index in [0.29, 0.717) is 15.8 Å². The molecule has 4 rings (SSSR count). The summed E-state index contributed by atoms with van der Waals surface area (Å²) in [6.07, 6.45) is 3.15. The molecule has 5 nitrogen and oxygen atoms in total. The number of aromatic hydroxyl groups is 1. The number of benzene rings is 1. The van der Waals surface area contributed by atoms with Crippen LogP contribution in [-0.4, -0.2) is 16.0 Å². The van der Waals surface area contributed by atoms with Crippen molar-refractivity contribution in [3.8, 4) is 5.88 Å². The van der Waals surface area contributed by atoms with Gasteiger partial charge in [0, 0.05) is 10.3 Å². The van der Waals surface area contributed by atoms with E-state index in [1.54, 1.807) is 0 Å². The summed E-state index contributed by atoms with van der Waals surface area (Å²) < 4.78 is 13.2. The van der Waals surface area contributed by atoms with Crippen molar-refractivity contribution in [1.29, 1.82) is 0 Å². The maximum Gasteiger partial charge on any atom is 0.305 e. The molecule has 0 spiro atoms. The number of rotatable bonds is 2. The Balaban J connectivity index is 1.65. The molecular weight excluding hydrogens is 317 g/mol. The third-order valence-corrected chi connectivity index (χ3v) is 5.14. The number of H-pyrrole nitrogens is 1. The minimum absolute atomic E-state index is 0.137. The summed E-state index contributed by atoms with van der Waals surface area (Å²) >= 11 is 1.45. The van der Waals surface area contributed by atoms with E-state index in [1.807, 2.05) is 6.07 Å². The second-order valence-corrected chi connectivity index (χ2v) is 6.57. The topological polar surface area (TPSA) is 77.8 Å². The molecule has 0 saturated heterocycles. The van der Waals surface area contributed by atoms with Gasteiger partial charge in [0.1, 0.15) is 5.82 Å². The van der Waals surface area contributed by atoms with Gasteiger partial charge in [-0.05, 0) is 49.1 Å². The lowest BCUT2D eigenvalue weighted by atomic mass is 10.2. The molecular formula is C16H12FN3O2S. The van der Waals surface area contributed by atoms with Gasteiger partial charge in [-0.15, -0.1) is 21.6 Å². The summed E-state index contributed by atoms with van der Waals surface area (Å²) in [5, 5.41) is 17.9. The van der Waals surface area contributed by atoms with Gasteiger partial charge in [-0.1, -0.05) is 0 Å². The second kappa shape index (κ2) is 5.27. The summed E-state index contributed by atoms with van der Waals surface area (Å²) in [5.41, 5.74) is 1.76. The van der Waals surface area contributed by atoms with Crippen LogP contribution >= 0.6 is 11.3 Å². The fraction of sp³-hybridized carbons (Fsp3) is 0.188. The van der Waals surface area contributed by atoms with Gasteiger partial charge in [-0.2, -0.15) is 0 Å². The zero-order valence-corrected chi connectivity index (χ0v) is 12.8. The SMILES string of the molecule is O=C(N=Nc1c(O)[nH]c2cc(F)ccc12)c1cc2c(s1)CCC2. The van der Waals surface area contributed by atoms with Gasteiger partial charge < -0.3 is 10.1 Å². The van der Waals surface area contributed by atoms with Gasteiger partial charge in [-0.25, -0.2) is 4.39 Å². The highest BCUT2D eigenvalue weighted by atomic mass is 32.1. The third kappa shape index (κ3) is 2.43. The highest BCUT2D eigenvalue weighted by Crippen LogP contribution is 2.36. The van der Waals surface area contributed by atoms with Crippen molar-refractivity contribution in [3.63, 3.8) is 0 Å². The highest BCUT2D eigenvalue weighted by molar-refractivity contribution is 7.14. The summed E-state index contributed by atoms with van der Waals surface area (Å²) in [6, 6.07) is 5.87. The Kier molecular flexibility index (Phi) is 3.23. The number of fused-ring (bicyclic) bond motifs is 2. The summed E-state index contributed by atoms with van der Waals surface area (Å²) in [5.74, 6) is -1.09. The van der Waals surface area contributed by atoms with E-state index in [9.17, 15) is 14.3 Å². The number of nitrogens with zero attached hydrogens (tertiary/aromatic N) is 2. The Morgan fingerprint density at radius 2 is 2.17 bits per heavy atom. The number of halogens is 1. The van der Waals surface area contributed by atoms with Crippen LogP contribution in [0.2, 0.25) is 0 Å². The fourth-order valence-electron chi connectivity index (χ4n) is 2.82. The van der Waals surface area contributed by atoms with Crippen LogP contribution in [0, 0.1) is 5.82 Å². The highest BCUT2D eigenvalue weighted by Gasteiger charge is 2.19. The second-order valence-electron chi connectivity index (χ2n) is 5.43. The first-order chi connectivity index (χ1) is 11.1. The first-order valence-electron chi connectivity index (χ1n) is 7.19. The van der Waals surface area contributed by atoms with Crippen molar-refractivity contribution < 1.29 is 14.3 Å². The molecule has 0 saturated carbocycles. The van der Waals surface area contributed by atoms with Crippen LogP contribution in [0.3, 0.4) is 0 Å². The number of amides is 1. The Morgan fingerprint density at radius 1 is 1.30 bits per heavy atom. The molecule has 0 aliphatic heterocycles. The zero-order chi connectivity index (χ0) is 16.0. The number of carbonyl (C=O) groups excluding carboxylic acids is 1. The number of hydrogen-bond donors (Lipinski definition) is 2. The monoisotopic (exact) mass is 329 g/mol. The fourth-order valence-corrected chi connectivity index (χ4v) is 3.95. The van der Waals surface area contributed by atoms with Crippen LogP contribution < -0.4 is 0 Å². The normalized spacial score (nSPS) is 14.0. The van der Waals surface area contributed by atoms with Gasteiger partial charge in [0.25, 0.3) is 0 Å². The molecule has 0 bridgehead atoms. The molecule has 2 heterocycles. The number of azo groups is 1. The van der Waals surface area contributed by atoms with Gasteiger partial charge in [-0.3, -0.25) is 4.79 Å². The predicted molar refractivity (Wildman–Crippen MR) is 85.1 cm³/mol. The van der Waals surface area contributed by atoms with E-state index in [2.05, 4.69) is 15.2 Å². The van der Waals surface area contributed by atoms with Crippen LogP contribution in [0.1, 0.15) is 26.5 Å². The van der Waals surface area contributed by atoms with Crippen LogP contribution in [0.4, 0.5) is 10.1 Å². The molecule has 1 aliphatic rings. The molecule has 3 aromatic rings. The minimum atomic E-state index is -0.430. The molecule has 116 valence electrons. The standard InChI is InChI=1S/C16H12FN3O2S/c17-9-4-5-10-11(7-9)18-16(22)14(10)19-20-15(21)13-6-8-2-1-3-12(8)23-13/h4-7,18,22H,1-3H2. The lowest BCUT2D eigenvalue weighted by Gasteiger charge is -1.92. The maximum absolute atomic E-state index is 13.2. The quantitative estimate of drug-likeness (QED) is 0.680. The average molecular weight is 329 g/mol. The number of aromatic nitrogens is 1. The lowest BCUT2D eigenvalue weighted by Crippen LogP contribution is -1.89. The van der Waals surface area contributed by atoms with Crippen molar-refractivity contribution in [2.45, 2.75) is 19.3 Å². The molecule has 0 unspecified atom stereocenters. The van der Waals surface area contributed by atoms with E-state index in [1.165, 1.54) is 40.0 Å². The molecule has 1 aromatic carbocycles. The molecule has 0 atom stereocenters. The molecule has 0 radical (unpaired) electrons. The molecule has 1 aliphatic carbocycles. The van der Waals surface area contributed by atoms with Crippen molar-refractivity contribution >= 4 is 33.8 Å². The van der Waals surface area contributed by atoms with Gasteiger partial charge in [0.2, 0.25) is 5.88 Å². The van der Waals surface area contributed by atoms with Crippen molar-refractivity contribution in [3.05, 3.63) is 45.4 Å². The van der Waals surface area contributed by atoms with Crippen molar-refractivity contribution in [2.75, 3.05) is 0 Å². The zero-order valence-electron chi connectivity index (χ0n) is 12.0. The van der Waals surface area contributed by atoms with Crippen LogP contribution in [-0.2, 0) is 12.8 Å². The number of nitrogens with one attached hydrogen (secondary N) is 1. The van der Waals surface area contributed by atoms with Crippen LogP contribution in [0.25, 0.3) is 10.9 Å². The van der Waals surface area contributed by atoms with E-state index < -0.39 is 11.7 Å². The van der Waals surface area contributed by atoms with Crippen LogP contribution in [0.15, 0.2) is 34.5 Å². The van der Waals surface area contributed by atoms with E-state index in [0.717, 1.165) is 19.3 Å². The molecule has 0 fully saturated rings. The number of hydrogen-bond acceptors (Lipinski definition) is 4. The Bertz CT molecular complexity index is 936. The Labute approximate surface area is 134 Å². The maximum atomic E-state index is 13.2. The van der Waals surface area contributed by atoms with Gasteiger partial charge >= 0.3 is 5.91 Å². The first-order valence-corrected chi connectivity index (χ1v) is 8.01. The average Bonchev–Trinajstić information content (AvgIpc) is 3.16. The predicted octanol–water partition coefficient (Wildman–Crippen LogP) is 4.49. The number of carbonyl (C=O) groups is 1. The molecule has 1 amide bonds. The molecule has 2 N–H and O–H groups in total. The van der Waals surface area contributed by atoms with E-state index in [-0.39, 0.29) is 11.6 Å². The van der Waals surface area contributed by atoms with E-state index in [4.69, 9.17) is 0 Å². The smallest absolute Gasteiger partial charge is 0.305 e. The number of thiophene rings is 1. The molecule has 23 heavy (non-hydrogen) atoms. The van der Waals surface area contributed by atoms with Crippen molar-refractivity contribution in [2.24, 2.45) is 10.2 Å². The summed E-state index contributed by atoms with van der Waals surface area (Å²) in [7, 11) is 0. The van der Waals surface area contributed by atoms with Gasteiger partial charge in [0.15, 0.2) is 5.69 Å². The van der Waals surface area contributed by atoms with Crippen molar-refractivity contribution in [1.82, 2.24) is 4.98 Å². The first kappa shape index (κ1) is 14.1. The summed E-state index contributed by atoms with van der Waals surface area (Å²) in [6.45, 7) is 0. The van der Waals surface area contributed by atoms with Gasteiger partial charge in [0.05, 0.1) is 10.4 Å². The lowest BCUT2D eigenvalue weighted by molar-refractivity contribution is 0.0999. The summed E-state index contributed by atoms with van der Waals surface area (Å²) in [4.78, 5) is 16.6. The Morgan fingerprint density at radius 3 is 3.00 bits per heavy atom. The number of aryl methyl sites for hydroxylation is 2. The van der Waals surface area contributed by atoms with E-state index >= 15 is 0 Å². The largest absolute Gasteiger partial charge is 0.493 e. The Hall–Kier alpha value is -2.54. The van der Waals surface area contributed by atoms with Crippen LogP contribution in [0.5, 0.6) is 5.88 Å².